The van der Waals surface area contributed by atoms with Gasteiger partial charge in [0.25, 0.3) is 5.69 Å². The summed E-state index contributed by atoms with van der Waals surface area (Å²) in [5.41, 5.74) is 0.704. The first-order valence-electron chi connectivity index (χ1n) is 9.11. The molecule has 0 aromatic heterocycles. The summed E-state index contributed by atoms with van der Waals surface area (Å²) in [5.74, 6) is 0.316. The fraction of sp³-hybridized carbons (Fsp3) is 0.316. The first kappa shape index (κ1) is 19.2. The van der Waals surface area contributed by atoms with E-state index in [-0.39, 0.29) is 17.2 Å². The van der Waals surface area contributed by atoms with E-state index in [1.165, 1.54) is 28.0 Å². The number of non-ortho nitro benzene ring substituents is 1. The molecule has 0 N–H and O–H groups in total. The Kier molecular flexibility index (Phi) is 4.65. The van der Waals surface area contributed by atoms with Crippen molar-refractivity contribution < 1.29 is 22.9 Å². The van der Waals surface area contributed by atoms with Gasteiger partial charge >= 0.3 is 6.03 Å². The monoisotopic (exact) mass is 417 g/mol. The van der Waals surface area contributed by atoms with Crippen LogP contribution >= 0.6 is 0 Å². The van der Waals surface area contributed by atoms with Gasteiger partial charge in [-0.15, -0.1) is 0 Å². The number of hydrogen-bond donors (Lipinski definition) is 0. The Hall–Kier alpha value is -3.14. The van der Waals surface area contributed by atoms with Crippen LogP contribution in [0.5, 0.6) is 5.75 Å². The van der Waals surface area contributed by atoms with Crippen LogP contribution in [0.4, 0.5) is 21.9 Å². The maximum absolute atomic E-state index is 13.3. The van der Waals surface area contributed by atoms with Crippen molar-refractivity contribution in [1.29, 1.82) is 0 Å². The molecule has 2 atom stereocenters. The van der Waals surface area contributed by atoms with Gasteiger partial charge in [-0.1, -0.05) is 6.07 Å². The van der Waals surface area contributed by atoms with E-state index in [2.05, 4.69) is 0 Å². The van der Waals surface area contributed by atoms with Crippen LogP contribution in [-0.4, -0.2) is 49.6 Å². The molecule has 0 aliphatic carbocycles. The number of nitro groups is 1. The molecule has 29 heavy (non-hydrogen) atoms. The lowest BCUT2D eigenvalue weighted by atomic mass is 10.1. The molecule has 2 amide bonds. The van der Waals surface area contributed by atoms with Crippen LogP contribution in [0.1, 0.15) is 6.92 Å². The number of nitrogens with zero attached hydrogens (tertiary/aromatic N) is 3. The molecule has 2 aromatic carbocycles. The smallest absolute Gasteiger partial charge is 0.329 e. The van der Waals surface area contributed by atoms with Gasteiger partial charge in [-0.05, 0) is 37.3 Å². The number of hydrogen-bond acceptors (Lipinski definition) is 6. The number of carbonyl (C=O) groups excluding carboxylic acids is 1. The molecule has 0 saturated carbocycles. The van der Waals surface area contributed by atoms with Crippen molar-refractivity contribution in [3.63, 3.8) is 0 Å². The summed E-state index contributed by atoms with van der Waals surface area (Å²) < 4.78 is 30.1. The molecule has 2 aromatic rings. The van der Waals surface area contributed by atoms with E-state index in [9.17, 15) is 23.3 Å². The Labute approximate surface area is 167 Å². The molecule has 10 heteroatoms. The average molecular weight is 417 g/mol. The van der Waals surface area contributed by atoms with Crippen molar-refractivity contribution >= 4 is 32.9 Å². The first-order chi connectivity index (χ1) is 13.8. The molecular formula is C19H19N3O6S. The molecule has 0 radical (unpaired) electrons. The summed E-state index contributed by atoms with van der Waals surface area (Å²) in [7, 11) is -3.35. The second-order valence-corrected chi connectivity index (χ2v) is 9.09. The SMILES string of the molecule is CCOc1ccc(N2C(=O)N(c3cccc([N+](=O)[O-])c3)[C@@H]3CS(=O)(=O)C[C@@H]32)cc1. The van der Waals surface area contributed by atoms with Crippen LogP contribution < -0.4 is 14.5 Å². The standard InChI is InChI=1S/C19H19N3O6S/c1-2-28-16-8-6-13(7-9-16)20-17-11-29(26,27)12-18(17)21(19(20)23)14-4-3-5-15(10-14)22(24)25/h3-10,17-18H,2,11-12H2,1H3/t17-,18+/m0/s1. The predicted molar refractivity (Wildman–Crippen MR) is 107 cm³/mol. The summed E-state index contributed by atoms with van der Waals surface area (Å²) in [6.07, 6.45) is 0. The fourth-order valence-electron chi connectivity index (χ4n) is 3.93. The van der Waals surface area contributed by atoms with Crippen molar-refractivity contribution in [2.75, 3.05) is 27.9 Å². The molecule has 0 bridgehead atoms. The molecule has 2 aliphatic heterocycles. The number of urea groups is 1. The Morgan fingerprint density at radius 1 is 1.07 bits per heavy atom. The topological polar surface area (TPSA) is 110 Å². The molecule has 0 unspecified atom stereocenters. The number of nitro benzene ring substituents is 1. The predicted octanol–water partition coefficient (Wildman–Crippen LogP) is 2.61. The molecular weight excluding hydrogens is 398 g/mol. The zero-order valence-electron chi connectivity index (χ0n) is 15.6. The Morgan fingerprint density at radius 2 is 1.69 bits per heavy atom. The lowest BCUT2D eigenvalue weighted by Crippen LogP contribution is -2.37. The third-order valence-corrected chi connectivity index (χ3v) is 6.81. The second-order valence-electron chi connectivity index (χ2n) is 6.94. The molecule has 0 spiro atoms. The summed E-state index contributed by atoms with van der Waals surface area (Å²) in [4.78, 5) is 26.7. The highest BCUT2D eigenvalue weighted by Gasteiger charge is 2.54. The minimum absolute atomic E-state index is 0.151. The van der Waals surface area contributed by atoms with E-state index in [4.69, 9.17) is 4.74 Å². The number of carbonyl (C=O) groups is 1. The van der Waals surface area contributed by atoms with Gasteiger partial charge in [0, 0.05) is 17.8 Å². The number of amides is 2. The molecule has 4 rings (SSSR count). The number of fused-ring (bicyclic) bond motifs is 1. The maximum atomic E-state index is 13.3. The largest absolute Gasteiger partial charge is 0.494 e. The van der Waals surface area contributed by atoms with Crippen molar-refractivity contribution in [3.8, 4) is 5.75 Å². The lowest BCUT2D eigenvalue weighted by molar-refractivity contribution is -0.384. The van der Waals surface area contributed by atoms with E-state index in [1.807, 2.05) is 6.92 Å². The third kappa shape index (κ3) is 3.39. The highest BCUT2D eigenvalue weighted by Crippen LogP contribution is 2.39. The van der Waals surface area contributed by atoms with Crippen LogP contribution in [0.25, 0.3) is 0 Å². The van der Waals surface area contributed by atoms with Crippen LogP contribution in [0.15, 0.2) is 48.5 Å². The van der Waals surface area contributed by atoms with E-state index in [0.717, 1.165) is 0 Å². The Bertz CT molecular complexity index is 1070. The van der Waals surface area contributed by atoms with Crippen LogP contribution in [0.2, 0.25) is 0 Å². The minimum Gasteiger partial charge on any atom is -0.494 e. The fourth-order valence-corrected chi connectivity index (χ4v) is 5.85. The summed E-state index contributed by atoms with van der Waals surface area (Å²) in [6, 6.07) is 11.0. The van der Waals surface area contributed by atoms with Crippen LogP contribution in [-0.2, 0) is 9.84 Å². The molecule has 2 aliphatic rings. The van der Waals surface area contributed by atoms with Crippen LogP contribution in [0.3, 0.4) is 0 Å². The zero-order chi connectivity index (χ0) is 20.8. The van der Waals surface area contributed by atoms with Crippen molar-refractivity contribution in [3.05, 3.63) is 58.6 Å². The highest BCUT2D eigenvalue weighted by atomic mass is 32.2. The minimum atomic E-state index is -3.35. The summed E-state index contributed by atoms with van der Waals surface area (Å²) in [5, 5.41) is 11.1. The Morgan fingerprint density at radius 3 is 2.28 bits per heavy atom. The van der Waals surface area contributed by atoms with Gasteiger partial charge in [-0.3, -0.25) is 19.9 Å². The van der Waals surface area contributed by atoms with Crippen molar-refractivity contribution in [1.82, 2.24) is 0 Å². The van der Waals surface area contributed by atoms with E-state index < -0.39 is 32.9 Å². The molecule has 2 heterocycles. The molecule has 2 saturated heterocycles. The second kappa shape index (κ2) is 7.03. The first-order valence-corrected chi connectivity index (χ1v) is 10.9. The summed E-state index contributed by atoms with van der Waals surface area (Å²) >= 11 is 0. The number of rotatable bonds is 5. The van der Waals surface area contributed by atoms with E-state index >= 15 is 0 Å². The van der Waals surface area contributed by atoms with Crippen molar-refractivity contribution in [2.45, 2.75) is 19.0 Å². The van der Waals surface area contributed by atoms with Gasteiger partial charge < -0.3 is 4.74 Å². The van der Waals surface area contributed by atoms with E-state index in [1.54, 1.807) is 30.3 Å². The van der Waals surface area contributed by atoms with Crippen molar-refractivity contribution in [2.24, 2.45) is 0 Å². The molecule has 152 valence electrons. The molecule has 9 nitrogen and oxygen atoms in total. The van der Waals surface area contributed by atoms with Gasteiger partial charge in [-0.25, -0.2) is 13.2 Å². The zero-order valence-corrected chi connectivity index (χ0v) is 16.4. The number of benzene rings is 2. The number of sulfone groups is 1. The number of ether oxygens (including phenoxy) is 1. The quantitative estimate of drug-likeness (QED) is 0.420. The number of anilines is 2. The van der Waals surface area contributed by atoms with Gasteiger partial charge in [-0.2, -0.15) is 0 Å². The van der Waals surface area contributed by atoms with Gasteiger partial charge in [0.15, 0.2) is 9.84 Å². The summed E-state index contributed by atoms with van der Waals surface area (Å²) in [6.45, 7) is 2.37. The van der Waals surface area contributed by atoms with Gasteiger partial charge in [0.1, 0.15) is 5.75 Å². The third-order valence-electron chi connectivity index (χ3n) is 5.11. The highest BCUT2D eigenvalue weighted by molar-refractivity contribution is 7.91. The van der Waals surface area contributed by atoms with Crippen LogP contribution in [0, 0.1) is 10.1 Å². The van der Waals surface area contributed by atoms with E-state index in [0.29, 0.717) is 23.7 Å². The Balaban J connectivity index is 1.75. The average Bonchev–Trinajstić information content (AvgIpc) is 3.11. The van der Waals surface area contributed by atoms with Gasteiger partial charge in [0.2, 0.25) is 0 Å². The lowest BCUT2D eigenvalue weighted by Gasteiger charge is -2.22. The van der Waals surface area contributed by atoms with Gasteiger partial charge in [0.05, 0.1) is 40.8 Å². The maximum Gasteiger partial charge on any atom is 0.329 e. The molecule has 2 fully saturated rings. The normalized spacial score (nSPS) is 22.6.